The molecule has 21 heavy (non-hydrogen) atoms. The lowest BCUT2D eigenvalue weighted by atomic mass is 9.79. The van der Waals surface area contributed by atoms with Crippen LogP contribution in [0.2, 0.25) is 0 Å². The minimum atomic E-state index is -3.10. The molecular formula is C14H25NO5S. The zero-order chi connectivity index (χ0) is 16.4. The Kier molecular flexibility index (Phi) is 5.41. The van der Waals surface area contributed by atoms with E-state index in [9.17, 15) is 18.0 Å². The van der Waals surface area contributed by atoms with Crippen LogP contribution in [-0.4, -0.2) is 55.9 Å². The maximum Gasteiger partial charge on any atom is 0.319 e. The van der Waals surface area contributed by atoms with Gasteiger partial charge < -0.3 is 9.64 Å². The van der Waals surface area contributed by atoms with E-state index in [-0.39, 0.29) is 30.6 Å². The molecule has 6 nitrogen and oxygen atoms in total. The Labute approximate surface area is 126 Å². The lowest BCUT2D eigenvalue weighted by Crippen LogP contribution is -2.54. The lowest BCUT2D eigenvalue weighted by molar-refractivity contribution is -0.161. The van der Waals surface area contributed by atoms with Crippen LogP contribution in [0.4, 0.5) is 0 Å². The highest BCUT2D eigenvalue weighted by atomic mass is 32.2. The van der Waals surface area contributed by atoms with E-state index in [1.54, 1.807) is 34.6 Å². The number of amides is 1. The standard InChI is InChI=1S/C14H25NO5S/c1-6-20-13(17)11(14(3,4)5)12(16)15-7-8-21(18,19)9-10(15)2/h10-11H,6-9H2,1-5H3. The Balaban J connectivity index is 2.99. The summed E-state index contributed by atoms with van der Waals surface area (Å²) >= 11 is 0. The first-order chi connectivity index (χ1) is 9.49. The SMILES string of the molecule is CCOC(=O)C(C(=O)N1CCS(=O)(=O)CC1C)C(C)(C)C. The molecule has 0 spiro atoms. The van der Waals surface area contributed by atoms with E-state index in [0.717, 1.165) is 0 Å². The zero-order valence-corrected chi connectivity index (χ0v) is 14.2. The number of carbonyl (C=O) groups is 2. The molecule has 2 atom stereocenters. The first kappa shape index (κ1) is 17.9. The van der Waals surface area contributed by atoms with Crippen molar-refractivity contribution in [3.05, 3.63) is 0 Å². The third-order valence-electron chi connectivity index (χ3n) is 3.59. The summed E-state index contributed by atoms with van der Waals surface area (Å²) in [5.74, 6) is -1.92. The molecule has 1 heterocycles. The van der Waals surface area contributed by atoms with Gasteiger partial charge in [-0.25, -0.2) is 8.42 Å². The van der Waals surface area contributed by atoms with Crippen LogP contribution in [0.25, 0.3) is 0 Å². The van der Waals surface area contributed by atoms with Crippen molar-refractivity contribution < 1.29 is 22.7 Å². The second-order valence-electron chi connectivity index (χ2n) is 6.55. The van der Waals surface area contributed by atoms with Crippen molar-refractivity contribution in [2.24, 2.45) is 11.3 Å². The highest BCUT2D eigenvalue weighted by Gasteiger charge is 2.44. The van der Waals surface area contributed by atoms with E-state index in [1.807, 2.05) is 0 Å². The van der Waals surface area contributed by atoms with Gasteiger partial charge in [0.15, 0.2) is 9.84 Å². The fourth-order valence-corrected chi connectivity index (χ4v) is 4.10. The molecule has 7 heteroatoms. The minimum absolute atomic E-state index is 0.0528. The number of hydrogen-bond donors (Lipinski definition) is 0. The minimum Gasteiger partial charge on any atom is -0.465 e. The summed E-state index contributed by atoms with van der Waals surface area (Å²) in [6.45, 7) is 9.14. The van der Waals surface area contributed by atoms with Crippen molar-refractivity contribution in [3.8, 4) is 0 Å². The predicted octanol–water partition coefficient (Wildman–Crippen LogP) is 0.857. The van der Waals surface area contributed by atoms with Gasteiger partial charge in [0, 0.05) is 12.6 Å². The van der Waals surface area contributed by atoms with Crippen LogP contribution in [0.5, 0.6) is 0 Å². The number of carbonyl (C=O) groups excluding carboxylic acids is 2. The highest BCUT2D eigenvalue weighted by Crippen LogP contribution is 2.30. The Hall–Kier alpha value is -1.11. The summed E-state index contributed by atoms with van der Waals surface area (Å²) in [7, 11) is -3.10. The first-order valence-electron chi connectivity index (χ1n) is 7.17. The van der Waals surface area contributed by atoms with Crippen LogP contribution in [0, 0.1) is 11.3 Å². The van der Waals surface area contributed by atoms with Crippen molar-refractivity contribution in [3.63, 3.8) is 0 Å². The van der Waals surface area contributed by atoms with Gasteiger partial charge in [-0.15, -0.1) is 0 Å². The molecule has 0 N–H and O–H groups in total. The number of rotatable bonds is 3. The zero-order valence-electron chi connectivity index (χ0n) is 13.4. The Morgan fingerprint density at radius 1 is 1.33 bits per heavy atom. The number of esters is 1. The van der Waals surface area contributed by atoms with Gasteiger partial charge in [0.1, 0.15) is 5.92 Å². The lowest BCUT2D eigenvalue weighted by Gasteiger charge is -2.38. The molecule has 0 aromatic carbocycles. The van der Waals surface area contributed by atoms with Crippen LogP contribution >= 0.6 is 0 Å². The van der Waals surface area contributed by atoms with Gasteiger partial charge >= 0.3 is 5.97 Å². The highest BCUT2D eigenvalue weighted by molar-refractivity contribution is 7.91. The normalized spacial score (nSPS) is 23.5. The van der Waals surface area contributed by atoms with Gasteiger partial charge in [-0.1, -0.05) is 20.8 Å². The van der Waals surface area contributed by atoms with Gasteiger partial charge in [0.05, 0.1) is 18.1 Å². The third kappa shape index (κ3) is 4.43. The van der Waals surface area contributed by atoms with Crippen LogP contribution in [0.15, 0.2) is 0 Å². The van der Waals surface area contributed by atoms with Crippen LogP contribution < -0.4 is 0 Å². The summed E-state index contributed by atoms with van der Waals surface area (Å²) in [5.41, 5.74) is -0.584. The molecule has 0 aromatic heterocycles. The summed E-state index contributed by atoms with van der Waals surface area (Å²) < 4.78 is 28.2. The van der Waals surface area contributed by atoms with E-state index in [0.29, 0.717) is 0 Å². The Morgan fingerprint density at radius 2 is 1.90 bits per heavy atom. The van der Waals surface area contributed by atoms with Crippen LogP contribution in [-0.2, 0) is 24.2 Å². The van der Waals surface area contributed by atoms with Gasteiger partial charge in [0.25, 0.3) is 0 Å². The second kappa shape index (κ2) is 6.34. The second-order valence-corrected chi connectivity index (χ2v) is 8.77. The average Bonchev–Trinajstić information content (AvgIpc) is 2.25. The van der Waals surface area contributed by atoms with Gasteiger partial charge in [-0.3, -0.25) is 9.59 Å². The molecule has 1 rings (SSSR count). The third-order valence-corrected chi connectivity index (χ3v) is 5.38. The quantitative estimate of drug-likeness (QED) is 0.569. The smallest absolute Gasteiger partial charge is 0.319 e. The van der Waals surface area contributed by atoms with E-state index in [1.165, 1.54) is 4.90 Å². The van der Waals surface area contributed by atoms with E-state index in [2.05, 4.69) is 0 Å². The number of nitrogens with zero attached hydrogens (tertiary/aromatic N) is 1. The fourth-order valence-electron chi connectivity index (χ4n) is 2.54. The van der Waals surface area contributed by atoms with E-state index in [4.69, 9.17) is 4.74 Å². The maximum absolute atomic E-state index is 12.7. The molecule has 0 aliphatic carbocycles. The van der Waals surface area contributed by atoms with Gasteiger partial charge in [-0.05, 0) is 19.3 Å². The molecular weight excluding hydrogens is 294 g/mol. The van der Waals surface area contributed by atoms with Crippen molar-refractivity contribution in [1.29, 1.82) is 0 Å². The largest absolute Gasteiger partial charge is 0.465 e. The molecule has 0 saturated carbocycles. The molecule has 0 radical (unpaired) electrons. The first-order valence-corrected chi connectivity index (χ1v) is 8.99. The van der Waals surface area contributed by atoms with Gasteiger partial charge in [0.2, 0.25) is 5.91 Å². The van der Waals surface area contributed by atoms with Crippen LogP contribution in [0.1, 0.15) is 34.6 Å². The summed E-state index contributed by atoms with van der Waals surface area (Å²) in [6, 6.07) is -0.421. The molecule has 0 aromatic rings. The Morgan fingerprint density at radius 3 is 2.33 bits per heavy atom. The van der Waals surface area contributed by atoms with Gasteiger partial charge in [-0.2, -0.15) is 0 Å². The molecule has 0 bridgehead atoms. The molecule has 122 valence electrons. The number of ether oxygens (including phenoxy) is 1. The fraction of sp³-hybridized carbons (Fsp3) is 0.857. The Bertz CT molecular complexity index is 506. The summed E-state index contributed by atoms with van der Waals surface area (Å²) in [4.78, 5) is 26.3. The molecule has 2 unspecified atom stereocenters. The molecule has 1 amide bonds. The van der Waals surface area contributed by atoms with Crippen LogP contribution in [0.3, 0.4) is 0 Å². The monoisotopic (exact) mass is 319 g/mol. The van der Waals surface area contributed by atoms with Crippen molar-refractivity contribution >= 4 is 21.7 Å². The van der Waals surface area contributed by atoms with E-state index < -0.39 is 33.2 Å². The molecule has 1 aliphatic heterocycles. The topological polar surface area (TPSA) is 80.8 Å². The van der Waals surface area contributed by atoms with E-state index >= 15 is 0 Å². The number of hydrogen-bond acceptors (Lipinski definition) is 5. The molecule has 1 fully saturated rings. The summed E-state index contributed by atoms with van der Waals surface area (Å²) in [6.07, 6.45) is 0. The average molecular weight is 319 g/mol. The maximum atomic E-state index is 12.7. The molecule has 1 saturated heterocycles. The number of sulfone groups is 1. The summed E-state index contributed by atoms with van der Waals surface area (Å²) in [5, 5.41) is 0. The van der Waals surface area contributed by atoms with Crippen molar-refractivity contribution in [1.82, 2.24) is 4.90 Å². The molecule has 1 aliphatic rings. The predicted molar refractivity (Wildman–Crippen MR) is 79.4 cm³/mol. The van der Waals surface area contributed by atoms with Crippen molar-refractivity contribution in [2.75, 3.05) is 24.7 Å². The van der Waals surface area contributed by atoms with Crippen molar-refractivity contribution in [2.45, 2.75) is 40.7 Å².